The lowest BCUT2D eigenvalue weighted by molar-refractivity contribution is 1.13. The molecule has 0 spiro atoms. The molecule has 2 heterocycles. The highest BCUT2D eigenvalue weighted by Crippen LogP contribution is 2.37. The number of pyridine rings is 1. The number of para-hydroxylation sites is 1. The summed E-state index contributed by atoms with van der Waals surface area (Å²) >= 11 is 0. The molecule has 0 atom stereocenters. The third-order valence-corrected chi connectivity index (χ3v) is 7.56. The number of aromatic nitrogens is 2. The lowest BCUT2D eigenvalue weighted by Crippen LogP contribution is -2.15. The van der Waals surface area contributed by atoms with Crippen LogP contribution in [0.5, 0.6) is 0 Å². The van der Waals surface area contributed by atoms with Gasteiger partial charge in [0.25, 0.3) is 5.56 Å². The molecule has 6 aromatic carbocycles. The molecule has 37 heavy (non-hydrogen) atoms. The van der Waals surface area contributed by atoms with Gasteiger partial charge in [0.2, 0.25) is 0 Å². The molecule has 3 heteroatoms. The number of nitrogens with zero attached hydrogens (tertiary/aromatic N) is 2. The van der Waals surface area contributed by atoms with Crippen LogP contribution in [0.1, 0.15) is 0 Å². The number of fused-ring (bicyclic) bond motifs is 10. The van der Waals surface area contributed by atoms with Gasteiger partial charge in [0.1, 0.15) is 5.65 Å². The van der Waals surface area contributed by atoms with Crippen molar-refractivity contribution in [1.82, 2.24) is 9.38 Å². The predicted molar refractivity (Wildman–Crippen MR) is 154 cm³/mol. The van der Waals surface area contributed by atoms with Crippen LogP contribution in [-0.2, 0) is 0 Å². The Morgan fingerprint density at radius 2 is 1.03 bits per heavy atom. The monoisotopic (exact) mass is 472 g/mol. The molecule has 8 rings (SSSR count). The highest BCUT2D eigenvalue weighted by molar-refractivity contribution is 6.25. The van der Waals surface area contributed by atoms with E-state index in [-0.39, 0.29) is 5.56 Å². The first kappa shape index (κ1) is 20.2. The van der Waals surface area contributed by atoms with Gasteiger partial charge in [-0.2, -0.15) is 0 Å². The van der Waals surface area contributed by atoms with Crippen LogP contribution >= 0.6 is 0 Å². The van der Waals surface area contributed by atoms with E-state index in [0.29, 0.717) is 11.0 Å². The second-order valence-electron chi connectivity index (χ2n) is 9.59. The van der Waals surface area contributed by atoms with Gasteiger partial charge in [-0.1, -0.05) is 84.9 Å². The fourth-order valence-corrected chi connectivity index (χ4v) is 5.80. The van der Waals surface area contributed by atoms with Gasteiger partial charge < -0.3 is 0 Å². The van der Waals surface area contributed by atoms with E-state index in [1.54, 1.807) is 4.40 Å². The summed E-state index contributed by atoms with van der Waals surface area (Å²) in [5, 5.41) is 9.15. The Balaban J connectivity index is 1.43. The standard InChI is InChI=1S/C34H20N2O/c37-34-29-11-5-6-12-31(29)35-33-18-16-21-13-14-23(20-32(21)36(33)34)22-15-17-28-26-9-2-1-7-24(26)25-8-3-4-10-27(25)30(28)19-22/h1-20H. The summed E-state index contributed by atoms with van der Waals surface area (Å²) in [6, 6.07) is 41.8. The van der Waals surface area contributed by atoms with Crippen molar-refractivity contribution in [2.24, 2.45) is 0 Å². The minimum Gasteiger partial charge on any atom is -0.268 e. The molecule has 0 bridgehead atoms. The summed E-state index contributed by atoms with van der Waals surface area (Å²) in [6.07, 6.45) is 0. The molecule has 2 aromatic heterocycles. The van der Waals surface area contributed by atoms with Crippen LogP contribution in [0.2, 0.25) is 0 Å². The van der Waals surface area contributed by atoms with E-state index in [2.05, 4.69) is 84.9 Å². The highest BCUT2D eigenvalue weighted by Gasteiger charge is 2.12. The Labute approximate surface area is 211 Å². The molecule has 0 N–H and O–H groups in total. The molecule has 172 valence electrons. The molecular formula is C34H20N2O. The van der Waals surface area contributed by atoms with Crippen molar-refractivity contribution >= 4 is 59.8 Å². The molecule has 0 aliphatic heterocycles. The SMILES string of the molecule is O=c1c2ccccc2nc2ccc3ccc(-c4ccc5c6ccccc6c6ccccc6c5c4)cc3n12. The molecule has 0 saturated heterocycles. The molecule has 0 unspecified atom stereocenters. The molecule has 0 saturated carbocycles. The Morgan fingerprint density at radius 3 is 1.76 bits per heavy atom. The maximum atomic E-state index is 13.5. The first-order valence-corrected chi connectivity index (χ1v) is 12.4. The van der Waals surface area contributed by atoms with Crippen molar-refractivity contribution in [3.05, 3.63) is 132 Å². The van der Waals surface area contributed by atoms with E-state index in [1.807, 2.05) is 36.4 Å². The minimum atomic E-state index is -0.0423. The van der Waals surface area contributed by atoms with Crippen LogP contribution in [-0.4, -0.2) is 9.38 Å². The van der Waals surface area contributed by atoms with E-state index >= 15 is 0 Å². The van der Waals surface area contributed by atoms with Crippen molar-refractivity contribution in [3.63, 3.8) is 0 Å². The summed E-state index contributed by atoms with van der Waals surface area (Å²) in [4.78, 5) is 18.3. The summed E-state index contributed by atoms with van der Waals surface area (Å²) in [5.74, 6) is 0. The van der Waals surface area contributed by atoms with Crippen LogP contribution < -0.4 is 5.56 Å². The predicted octanol–water partition coefficient (Wildman–Crippen LogP) is 8.13. The molecule has 0 amide bonds. The molecular weight excluding hydrogens is 452 g/mol. The van der Waals surface area contributed by atoms with Crippen LogP contribution in [0.4, 0.5) is 0 Å². The van der Waals surface area contributed by atoms with Crippen molar-refractivity contribution < 1.29 is 0 Å². The van der Waals surface area contributed by atoms with E-state index < -0.39 is 0 Å². The molecule has 0 radical (unpaired) electrons. The fourth-order valence-electron chi connectivity index (χ4n) is 5.80. The largest absolute Gasteiger partial charge is 0.268 e. The Bertz CT molecular complexity index is 2240. The Kier molecular flexibility index (Phi) is 4.09. The number of hydrogen-bond acceptors (Lipinski definition) is 2. The molecule has 0 fully saturated rings. The second-order valence-corrected chi connectivity index (χ2v) is 9.59. The summed E-state index contributed by atoms with van der Waals surface area (Å²) < 4.78 is 1.74. The van der Waals surface area contributed by atoms with Gasteiger partial charge in [-0.3, -0.25) is 9.20 Å². The third-order valence-electron chi connectivity index (χ3n) is 7.56. The summed E-state index contributed by atoms with van der Waals surface area (Å²) in [7, 11) is 0. The minimum absolute atomic E-state index is 0.0423. The summed E-state index contributed by atoms with van der Waals surface area (Å²) in [5.41, 5.74) is 4.38. The van der Waals surface area contributed by atoms with Crippen LogP contribution in [0.15, 0.2) is 126 Å². The molecule has 3 nitrogen and oxygen atoms in total. The molecule has 8 aromatic rings. The highest BCUT2D eigenvalue weighted by atomic mass is 16.1. The van der Waals surface area contributed by atoms with Crippen LogP contribution in [0, 0.1) is 0 Å². The lowest BCUT2D eigenvalue weighted by Gasteiger charge is -2.13. The number of rotatable bonds is 1. The van der Waals surface area contributed by atoms with Gasteiger partial charge in [0.05, 0.1) is 16.4 Å². The van der Waals surface area contributed by atoms with Gasteiger partial charge >= 0.3 is 0 Å². The molecule has 0 aliphatic rings. The van der Waals surface area contributed by atoms with Gasteiger partial charge in [-0.15, -0.1) is 0 Å². The smallest absolute Gasteiger partial charge is 0.266 e. The van der Waals surface area contributed by atoms with Gasteiger partial charge in [-0.05, 0) is 85.2 Å². The Hall–Kier alpha value is -5.02. The van der Waals surface area contributed by atoms with E-state index in [4.69, 9.17) is 4.98 Å². The fraction of sp³-hybridized carbons (Fsp3) is 0. The van der Waals surface area contributed by atoms with Gasteiger partial charge in [-0.25, -0.2) is 4.98 Å². The zero-order valence-corrected chi connectivity index (χ0v) is 19.8. The van der Waals surface area contributed by atoms with Crippen molar-refractivity contribution in [2.75, 3.05) is 0 Å². The zero-order valence-electron chi connectivity index (χ0n) is 19.8. The maximum Gasteiger partial charge on any atom is 0.266 e. The van der Waals surface area contributed by atoms with E-state index in [1.165, 1.54) is 32.3 Å². The maximum absolute atomic E-state index is 13.5. The van der Waals surface area contributed by atoms with Gasteiger partial charge in [0, 0.05) is 0 Å². The first-order valence-electron chi connectivity index (χ1n) is 12.4. The lowest BCUT2D eigenvalue weighted by atomic mass is 9.92. The molecule has 0 aliphatic carbocycles. The van der Waals surface area contributed by atoms with E-state index in [9.17, 15) is 4.79 Å². The normalized spacial score (nSPS) is 11.9. The number of hydrogen-bond donors (Lipinski definition) is 0. The quantitative estimate of drug-likeness (QED) is 0.179. The van der Waals surface area contributed by atoms with Crippen molar-refractivity contribution in [1.29, 1.82) is 0 Å². The van der Waals surface area contributed by atoms with Crippen LogP contribution in [0.3, 0.4) is 0 Å². The summed E-state index contributed by atoms with van der Waals surface area (Å²) in [6.45, 7) is 0. The third kappa shape index (κ3) is 2.88. The van der Waals surface area contributed by atoms with E-state index in [0.717, 1.165) is 27.5 Å². The average Bonchev–Trinajstić information content (AvgIpc) is 2.96. The van der Waals surface area contributed by atoms with Gasteiger partial charge in [0.15, 0.2) is 0 Å². The average molecular weight is 473 g/mol. The van der Waals surface area contributed by atoms with Crippen molar-refractivity contribution in [3.8, 4) is 11.1 Å². The Morgan fingerprint density at radius 1 is 0.486 bits per heavy atom. The second kappa shape index (κ2) is 7.49. The zero-order chi connectivity index (χ0) is 24.5. The van der Waals surface area contributed by atoms with Crippen molar-refractivity contribution in [2.45, 2.75) is 0 Å². The number of benzene rings is 6. The topological polar surface area (TPSA) is 34.4 Å². The van der Waals surface area contributed by atoms with Crippen LogP contribution in [0.25, 0.3) is 70.9 Å². The first-order chi connectivity index (χ1) is 18.3.